The Morgan fingerprint density at radius 2 is 1.62 bits per heavy atom. The van der Waals surface area contributed by atoms with Gasteiger partial charge in [0.1, 0.15) is 0 Å². The summed E-state index contributed by atoms with van der Waals surface area (Å²) in [5.41, 5.74) is 6.42. The zero-order chi connectivity index (χ0) is 18.6. The molecular formula is C19H23N3O3S. The van der Waals surface area contributed by atoms with Crippen molar-refractivity contribution in [1.29, 1.82) is 0 Å². The van der Waals surface area contributed by atoms with E-state index in [1.807, 2.05) is 0 Å². The van der Waals surface area contributed by atoms with Gasteiger partial charge < -0.3 is 11.1 Å². The Bertz CT molecular complexity index is 859. The second kappa shape index (κ2) is 7.47. The third-order valence-electron chi connectivity index (χ3n) is 4.78. The Hall–Kier alpha value is -2.38. The van der Waals surface area contributed by atoms with Gasteiger partial charge in [0.2, 0.25) is 0 Å². The van der Waals surface area contributed by atoms with Crippen LogP contribution in [0.3, 0.4) is 0 Å². The molecule has 2 aromatic carbocycles. The molecule has 26 heavy (non-hydrogen) atoms. The van der Waals surface area contributed by atoms with E-state index in [1.54, 1.807) is 42.5 Å². The number of amides is 1. The maximum atomic E-state index is 12.5. The number of benzene rings is 2. The van der Waals surface area contributed by atoms with Crippen LogP contribution in [0.4, 0.5) is 5.69 Å². The first-order valence-electron chi connectivity index (χ1n) is 8.65. The predicted molar refractivity (Wildman–Crippen MR) is 101 cm³/mol. The van der Waals surface area contributed by atoms with Crippen molar-refractivity contribution in [3.05, 3.63) is 60.2 Å². The highest BCUT2D eigenvalue weighted by molar-refractivity contribution is 7.92. The van der Waals surface area contributed by atoms with Crippen LogP contribution in [0.2, 0.25) is 0 Å². The van der Waals surface area contributed by atoms with E-state index >= 15 is 0 Å². The highest BCUT2D eigenvalue weighted by Crippen LogP contribution is 2.29. The molecule has 0 aliphatic heterocycles. The van der Waals surface area contributed by atoms with Gasteiger partial charge in [0, 0.05) is 17.8 Å². The minimum Gasteiger partial charge on any atom is -0.345 e. The smallest absolute Gasteiger partial charge is 0.261 e. The molecule has 4 N–H and O–H groups in total. The van der Waals surface area contributed by atoms with E-state index in [1.165, 1.54) is 12.1 Å². The van der Waals surface area contributed by atoms with Crippen LogP contribution in [0.1, 0.15) is 36.0 Å². The van der Waals surface area contributed by atoms with Crippen molar-refractivity contribution in [2.24, 2.45) is 5.73 Å². The number of carbonyl (C=O) groups is 1. The summed E-state index contributed by atoms with van der Waals surface area (Å²) in [6.07, 6.45) is 3.92. The molecule has 0 bridgehead atoms. The molecule has 3 rings (SSSR count). The molecule has 0 radical (unpaired) electrons. The predicted octanol–water partition coefficient (Wildman–Crippen LogP) is 2.49. The fourth-order valence-corrected chi connectivity index (χ4v) is 4.33. The molecule has 0 unspecified atom stereocenters. The summed E-state index contributed by atoms with van der Waals surface area (Å²) in [6.45, 7) is 0.424. The van der Waals surface area contributed by atoms with E-state index in [2.05, 4.69) is 10.0 Å². The lowest BCUT2D eigenvalue weighted by molar-refractivity contribution is 0.0903. The minimum atomic E-state index is -3.65. The number of nitrogens with two attached hydrogens (primary N) is 1. The number of nitrogens with one attached hydrogen (secondary N) is 2. The summed E-state index contributed by atoms with van der Waals surface area (Å²) in [5, 5.41) is 3.05. The Morgan fingerprint density at radius 1 is 1.00 bits per heavy atom. The molecule has 1 aliphatic carbocycles. The average molecular weight is 373 g/mol. The van der Waals surface area contributed by atoms with Gasteiger partial charge in [-0.3, -0.25) is 9.52 Å². The topological polar surface area (TPSA) is 101 Å². The summed E-state index contributed by atoms with van der Waals surface area (Å²) in [7, 11) is -3.65. The number of sulfonamides is 1. The van der Waals surface area contributed by atoms with Crippen molar-refractivity contribution in [1.82, 2.24) is 5.32 Å². The molecular weight excluding hydrogens is 350 g/mol. The third-order valence-corrected chi connectivity index (χ3v) is 6.18. The van der Waals surface area contributed by atoms with Gasteiger partial charge in [-0.25, -0.2) is 8.42 Å². The van der Waals surface area contributed by atoms with E-state index in [9.17, 15) is 13.2 Å². The van der Waals surface area contributed by atoms with Crippen molar-refractivity contribution in [2.75, 3.05) is 11.3 Å². The van der Waals surface area contributed by atoms with Gasteiger partial charge in [0.05, 0.1) is 10.4 Å². The largest absolute Gasteiger partial charge is 0.345 e. The van der Waals surface area contributed by atoms with Gasteiger partial charge >= 0.3 is 0 Å². The first-order chi connectivity index (χ1) is 12.4. The first-order valence-corrected chi connectivity index (χ1v) is 10.1. The molecule has 2 aromatic rings. The molecule has 0 spiro atoms. The molecule has 0 saturated heterocycles. The van der Waals surface area contributed by atoms with Crippen LogP contribution in [0.25, 0.3) is 0 Å². The Balaban J connectivity index is 1.69. The first kappa shape index (κ1) is 18.4. The Kier molecular flexibility index (Phi) is 5.29. The van der Waals surface area contributed by atoms with Gasteiger partial charge in [0.15, 0.2) is 0 Å². The van der Waals surface area contributed by atoms with E-state index in [0.717, 1.165) is 25.7 Å². The van der Waals surface area contributed by atoms with Crippen LogP contribution >= 0.6 is 0 Å². The molecule has 1 fully saturated rings. The van der Waals surface area contributed by atoms with E-state index in [0.29, 0.717) is 17.8 Å². The Labute approximate surface area is 153 Å². The number of carbonyl (C=O) groups excluding carboxylic acids is 1. The lowest BCUT2D eigenvalue weighted by atomic mass is 9.97. The highest BCUT2D eigenvalue weighted by atomic mass is 32.2. The lowest BCUT2D eigenvalue weighted by Gasteiger charge is -2.28. The van der Waals surface area contributed by atoms with Crippen molar-refractivity contribution in [3.8, 4) is 0 Å². The lowest BCUT2D eigenvalue weighted by Crippen LogP contribution is -2.51. The zero-order valence-electron chi connectivity index (χ0n) is 14.4. The number of hydrogen-bond donors (Lipinski definition) is 3. The van der Waals surface area contributed by atoms with Gasteiger partial charge in [-0.15, -0.1) is 0 Å². The molecule has 0 aromatic heterocycles. The number of rotatable bonds is 6. The maximum absolute atomic E-state index is 12.5. The van der Waals surface area contributed by atoms with Crippen molar-refractivity contribution in [2.45, 2.75) is 36.1 Å². The van der Waals surface area contributed by atoms with Gasteiger partial charge in [-0.2, -0.15) is 0 Å². The normalized spacial score (nSPS) is 16.2. The summed E-state index contributed by atoms with van der Waals surface area (Å²) in [6, 6.07) is 14.5. The van der Waals surface area contributed by atoms with Crippen LogP contribution in [-0.2, 0) is 10.0 Å². The second-order valence-electron chi connectivity index (χ2n) is 6.64. The molecule has 1 aliphatic rings. The van der Waals surface area contributed by atoms with Gasteiger partial charge in [-0.05, 0) is 49.2 Å². The van der Waals surface area contributed by atoms with Gasteiger partial charge in [0.25, 0.3) is 15.9 Å². The van der Waals surface area contributed by atoms with Crippen molar-refractivity contribution >= 4 is 21.6 Å². The van der Waals surface area contributed by atoms with E-state index in [4.69, 9.17) is 5.73 Å². The van der Waals surface area contributed by atoms with Crippen LogP contribution in [0.15, 0.2) is 59.5 Å². The summed E-state index contributed by atoms with van der Waals surface area (Å²) < 4.78 is 27.2. The zero-order valence-corrected chi connectivity index (χ0v) is 15.3. The monoisotopic (exact) mass is 373 g/mol. The molecule has 0 atom stereocenters. The standard InChI is InChI=1S/C19H23N3O3S/c20-14-19(12-4-5-13-19)21-18(23)15-8-10-16(11-9-15)22-26(24,25)17-6-2-1-3-7-17/h1-3,6-11,22H,4-5,12-14,20H2,(H,21,23). The molecule has 1 amide bonds. The fraction of sp³-hybridized carbons (Fsp3) is 0.316. The minimum absolute atomic E-state index is 0.185. The van der Waals surface area contributed by atoms with Crippen LogP contribution in [0.5, 0.6) is 0 Å². The molecule has 1 saturated carbocycles. The molecule has 6 nitrogen and oxygen atoms in total. The molecule has 0 heterocycles. The fourth-order valence-electron chi connectivity index (χ4n) is 3.25. The van der Waals surface area contributed by atoms with Crippen molar-refractivity contribution < 1.29 is 13.2 Å². The van der Waals surface area contributed by atoms with Crippen LogP contribution in [-0.4, -0.2) is 26.4 Å². The quantitative estimate of drug-likeness (QED) is 0.724. The van der Waals surface area contributed by atoms with Crippen molar-refractivity contribution in [3.63, 3.8) is 0 Å². The summed E-state index contributed by atoms with van der Waals surface area (Å²) >= 11 is 0. The third kappa shape index (κ3) is 4.05. The highest BCUT2D eigenvalue weighted by Gasteiger charge is 2.34. The van der Waals surface area contributed by atoms with E-state index < -0.39 is 10.0 Å². The van der Waals surface area contributed by atoms with Crippen LogP contribution in [0, 0.1) is 0 Å². The van der Waals surface area contributed by atoms with Crippen LogP contribution < -0.4 is 15.8 Å². The summed E-state index contributed by atoms with van der Waals surface area (Å²) in [5.74, 6) is -0.185. The summed E-state index contributed by atoms with van der Waals surface area (Å²) in [4.78, 5) is 12.7. The molecule has 7 heteroatoms. The Morgan fingerprint density at radius 3 is 2.19 bits per heavy atom. The van der Waals surface area contributed by atoms with E-state index in [-0.39, 0.29) is 16.3 Å². The molecule has 138 valence electrons. The maximum Gasteiger partial charge on any atom is 0.261 e. The SMILES string of the molecule is NCC1(NC(=O)c2ccc(NS(=O)(=O)c3ccccc3)cc2)CCCC1. The van der Waals surface area contributed by atoms with Gasteiger partial charge in [-0.1, -0.05) is 31.0 Å². The average Bonchev–Trinajstić information content (AvgIpc) is 3.12. The number of hydrogen-bond acceptors (Lipinski definition) is 4. The second-order valence-corrected chi connectivity index (χ2v) is 8.32. The number of anilines is 1.